The number of hydrogen-bond donors (Lipinski definition) is 1. The fourth-order valence-corrected chi connectivity index (χ4v) is 7.80. The first kappa shape index (κ1) is 34.8. The molecule has 2 amide bonds. The number of nitrogens with zero attached hydrogens (tertiary/aromatic N) is 2. The highest BCUT2D eigenvalue weighted by Gasteiger charge is 2.36. The highest BCUT2D eigenvalue weighted by molar-refractivity contribution is 7.92. The van der Waals surface area contributed by atoms with Gasteiger partial charge in [-0.1, -0.05) is 97.1 Å². The molecule has 1 unspecified atom stereocenters. The third kappa shape index (κ3) is 8.69. The van der Waals surface area contributed by atoms with Gasteiger partial charge in [-0.25, -0.2) is 12.8 Å². The summed E-state index contributed by atoms with van der Waals surface area (Å²) in [4.78, 5) is 30.4. The standard InChI is InChI=1S/C39H44FN3O4S/c1-28-14-21-35(22-15-28)48(46,47)43(36-23-16-29(2)24-30(36)3)27-38(44)42(26-32-17-19-33(40)20-18-32)37(25-31-10-6-4-7-11-31)39(45)41-34-12-8-5-9-13-34/h4,6-7,10-11,14-24,34,37H,5,8-9,12-13,25-27H2,1-3H3,(H,41,45). The number of rotatable bonds is 12. The van der Waals surface area contributed by atoms with E-state index in [-0.39, 0.29) is 29.8 Å². The van der Waals surface area contributed by atoms with Crippen LogP contribution < -0.4 is 9.62 Å². The number of nitrogens with one attached hydrogen (secondary N) is 1. The molecule has 0 saturated heterocycles. The monoisotopic (exact) mass is 669 g/mol. The number of carbonyl (C=O) groups excluding carboxylic acids is 2. The van der Waals surface area contributed by atoms with Gasteiger partial charge in [-0.3, -0.25) is 13.9 Å². The third-order valence-corrected chi connectivity index (χ3v) is 10.8. The molecular formula is C39H44FN3O4S. The summed E-state index contributed by atoms with van der Waals surface area (Å²) >= 11 is 0. The number of sulfonamides is 1. The van der Waals surface area contributed by atoms with Crippen LogP contribution in [0.3, 0.4) is 0 Å². The quantitative estimate of drug-likeness (QED) is 0.176. The molecule has 1 atom stereocenters. The van der Waals surface area contributed by atoms with Gasteiger partial charge >= 0.3 is 0 Å². The lowest BCUT2D eigenvalue weighted by Gasteiger charge is -2.35. The lowest BCUT2D eigenvalue weighted by atomic mass is 9.94. The number of anilines is 1. The lowest BCUT2D eigenvalue weighted by molar-refractivity contribution is -0.140. The van der Waals surface area contributed by atoms with E-state index in [0.717, 1.165) is 53.1 Å². The molecule has 0 aliphatic heterocycles. The van der Waals surface area contributed by atoms with Gasteiger partial charge < -0.3 is 10.2 Å². The van der Waals surface area contributed by atoms with Crippen molar-refractivity contribution in [2.24, 2.45) is 0 Å². The van der Waals surface area contributed by atoms with Gasteiger partial charge in [-0.15, -0.1) is 0 Å². The van der Waals surface area contributed by atoms with E-state index in [0.29, 0.717) is 16.8 Å². The summed E-state index contributed by atoms with van der Waals surface area (Å²) in [6.45, 7) is 5.06. The van der Waals surface area contributed by atoms with Gasteiger partial charge in [0.1, 0.15) is 18.4 Å². The minimum absolute atomic E-state index is 0.000850. The van der Waals surface area contributed by atoms with Crippen molar-refractivity contribution in [1.82, 2.24) is 10.2 Å². The van der Waals surface area contributed by atoms with Crippen LogP contribution in [0.2, 0.25) is 0 Å². The number of benzene rings is 4. The minimum atomic E-state index is -4.21. The zero-order chi connectivity index (χ0) is 34.3. The Bertz CT molecular complexity index is 1810. The molecule has 1 saturated carbocycles. The number of carbonyl (C=O) groups is 2. The van der Waals surface area contributed by atoms with Crippen molar-refractivity contribution >= 4 is 27.5 Å². The Morgan fingerprint density at radius 2 is 1.46 bits per heavy atom. The topological polar surface area (TPSA) is 86.8 Å². The molecule has 1 N–H and O–H groups in total. The first-order chi connectivity index (χ1) is 23.0. The predicted octanol–water partition coefficient (Wildman–Crippen LogP) is 7.04. The average Bonchev–Trinajstić information content (AvgIpc) is 3.07. The summed E-state index contributed by atoms with van der Waals surface area (Å²) in [6, 6.07) is 26.3. The Morgan fingerprint density at radius 1 is 0.812 bits per heavy atom. The van der Waals surface area contributed by atoms with E-state index >= 15 is 0 Å². The van der Waals surface area contributed by atoms with Gasteiger partial charge in [0.2, 0.25) is 11.8 Å². The molecule has 252 valence electrons. The lowest BCUT2D eigenvalue weighted by Crippen LogP contribution is -2.55. The van der Waals surface area contributed by atoms with E-state index in [2.05, 4.69) is 5.32 Å². The molecule has 0 bridgehead atoms. The van der Waals surface area contributed by atoms with Crippen LogP contribution in [0.15, 0.2) is 102 Å². The van der Waals surface area contributed by atoms with E-state index in [1.165, 1.54) is 29.2 Å². The number of amides is 2. The molecule has 7 nitrogen and oxygen atoms in total. The number of halogens is 1. The average molecular weight is 670 g/mol. The van der Waals surface area contributed by atoms with Crippen molar-refractivity contribution in [2.45, 2.75) is 82.8 Å². The van der Waals surface area contributed by atoms with Crippen LogP contribution in [-0.2, 0) is 32.6 Å². The van der Waals surface area contributed by atoms with Crippen LogP contribution in [0.5, 0.6) is 0 Å². The van der Waals surface area contributed by atoms with Gasteiger partial charge in [0.15, 0.2) is 0 Å². The Kier molecular flexibility index (Phi) is 11.3. The highest BCUT2D eigenvalue weighted by Crippen LogP contribution is 2.29. The predicted molar refractivity (Wildman–Crippen MR) is 188 cm³/mol. The maximum atomic E-state index is 14.7. The molecule has 0 heterocycles. The van der Waals surface area contributed by atoms with Crippen molar-refractivity contribution < 1.29 is 22.4 Å². The van der Waals surface area contributed by atoms with Crippen molar-refractivity contribution in [3.63, 3.8) is 0 Å². The Balaban J connectivity index is 1.58. The zero-order valence-corrected chi connectivity index (χ0v) is 28.7. The number of hydrogen-bond acceptors (Lipinski definition) is 4. The molecule has 1 aliphatic rings. The largest absolute Gasteiger partial charge is 0.352 e. The second-order valence-electron chi connectivity index (χ2n) is 12.8. The Hall–Kier alpha value is -4.50. The van der Waals surface area contributed by atoms with Gasteiger partial charge in [-0.2, -0.15) is 0 Å². The van der Waals surface area contributed by atoms with E-state index in [1.54, 1.807) is 30.3 Å². The van der Waals surface area contributed by atoms with Gasteiger partial charge in [0.25, 0.3) is 10.0 Å². The van der Waals surface area contributed by atoms with Crippen molar-refractivity contribution in [3.05, 3.63) is 131 Å². The van der Waals surface area contributed by atoms with Crippen molar-refractivity contribution in [3.8, 4) is 0 Å². The molecule has 0 radical (unpaired) electrons. The summed E-state index contributed by atoms with van der Waals surface area (Å²) in [7, 11) is -4.21. The molecule has 4 aromatic rings. The first-order valence-corrected chi connectivity index (χ1v) is 18.0. The normalized spacial score (nSPS) is 14.2. The van der Waals surface area contributed by atoms with Crippen LogP contribution in [0.1, 0.15) is 59.9 Å². The zero-order valence-electron chi connectivity index (χ0n) is 27.9. The smallest absolute Gasteiger partial charge is 0.264 e. The molecular weight excluding hydrogens is 626 g/mol. The number of aryl methyl sites for hydroxylation is 3. The van der Waals surface area contributed by atoms with Gasteiger partial charge in [0, 0.05) is 19.0 Å². The fourth-order valence-electron chi connectivity index (χ4n) is 6.32. The second-order valence-corrected chi connectivity index (χ2v) is 14.7. The molecule has 5 rings (SSSR count). The van der Waals surface area contributed by atoms with Crippen LogP contribution in [0, 0.1) is 26.6 Å². The fraction of sp³-hybridized carbons (Fsp3) is 0.333. The highest BCUT2D eigenvalue weighted by atomic mass is 32.2. The van der Waals surface area contributed by atoms with E-state index < -0.39 is 34.3 Å². The third-order valence-electron chi connectivity index (χ3n) is 9.00. The van der Waals surface area contributed by atoms with E-state index in [4.69, 9.17) is 0 Å². The minimum Gasteiger partial charge on any atom is -0.352 e. The maximum Gasteiger partial charge on any atom is 0.264 e. The van der Waals surface area contributed by atoms with Crippen LogP contribution in [0.25, 0.3) is 0 Å². The molecule has 4 aromatic carbocycles. The van der Waals surface area contributed by atoms with Crippen molar-refractivity contribution in [2.75, 3.05) is 10.8 Å². The SMILES string of the molecule is Cc1ccc(S(=O)(=O)N(CC(=O)N(Cc2ccc(F)cc2)C(Cc2ccccc2)C(=O)NC2CCCCC2)c2ccc(C)cc2C)cc1. The molecule has 1 aliphatic carbocycles. The van der Waals surface area contributed by atoms with Crippen molar-refractivity contribution in [1.29, 1.82) is 0 Å². The van der Waals surface area contributed by atoms with Crippen LogP contribution in [0.4, 0.5) is 10.1 Å². The maximum absolute atomic E-state index is 14.7. The summed E-state index contributed by atoms with van der Waals surface area (Å²) in [5.41, 5.74) is 4.41. The molecule has 0 aromatic heterocycles. The summed E-state index contributed by atoms with van der Waals surface area (Å²) in [6.07, 6.45) is 5.12. The second kappa shape index (κ2) is 15.6. The summed E-state index contributed by atoms with van der Waals surface area (Å²) in [5.74, 6) is -1.26. The summed E-state index contributed by atoms with van der Waals surface area (Å²) < 4.78 is 43.7. The Labute approximate surface area is 283 Å². The van der Waals surface area contributed by atoms with Crippen LogP contribution >= 0.6 is 0 Å². The van der Waals surface area contributed by atoms with Gasteiger partial charge in [0.05, 0.1) is 10.6 Å². The van der Waals surface area contributed by atoms with E-state index in [9.17, 15) is 22.4 Å². The van der Waals surface area contributed by atoms with E-state index in [1.807, 2.05) is 63.2 Å². The first-order valence-electron chi connectivity index (χ1n) is 16.6. The Morgan fingerprint density at radius 3 is 2.10 bits per heavy atom. The molecule has 48 heavy (non-hydrogen) atoms. The van der Waals surface area contributed by atoms with Crippen LogP contribution in [-0.4, -0.2) is 43.8 Å². The molecule has 0 spiro atoms. The molecule has 1 fully saturated rings. The van der Waals surface area contributed by atoms with Gasteiger partial charge in [-0.05, 0) is 80.6 Å². The molecule has 9 heteroatoms. The summed E-state index contributed by atoms with van der Waals surface area (Å²) in [5, 5.41) is 3.21.